The number of hydrogen-bond donors (Lipinski definition) is 0. The van der Waals surface area contributed by atoms with E-state index in [1.807, 2.05) is 0 Å². The first-order valence-electron chi connectivity index (χ1n) is 10.6. The quantitative estimate of drug-likeness (QED) is 0.243. The van der Waals surface area contributed by atoms with E-state index in [0.717, 1.165) is 12.8 Å². The molecule has 0 heterocycles. The molecule has 0 fully saturated rings. The fourth-order valence-electron chi connectivity index (χ4n) is 2.84. The Morgan fingerprint density at radius 3 is 1.62 bits per heavy atom. The lowest BCUT2D eigenvalue weighted by Crippen LogP contribution is -2.33. The second-order valence-electron chi connectivity index (χ2n) is 7.02. The van der Waals surface area contributed by atoms with Crippen molar-refractivity contribution in [2.24, 2.45) is 0 Å². The Balaban J connectivity index is 3.30. The molecule has 0 spiro atoms. The minimum Gasteiger partial charge on any atom is -0.464 e. The molecule has 0 N–H and O–H groups in total. The Morgan fingerprint density at radius 2 is 1.15 bits per heavy atom. The van der Waals surface area contributed by atoms with Gasteiger partial charge in [0.15, 0.2) is 0 Å². The molecular formula is C21H41NO4. The van der Waals surface area contributed by atoms with E-state index >= 15 is 0 Å². The first-order valence-corrected chi connectivity index (χ1v) is 10.6. The molecule has 0 atom stereocenters. The summed E-state index contributed by atoms with van der Waals surface area (Å²) < 4.78 is 9.96. The van der Waals surface area contributed by atoms with Crippen molar-refractivity contribution in [3.8, 4) is 0 Å². The number of rotatable bonds is 17. The summed E-state index contributed by atoms with van der Waals surface area (Å²) in [5.41, 5.74) is 0. The molecule has 0 aromatic rings. The minimum atomic E-state index is -0.495. The summed E-state index contributed by atoms with van der Waals surface area (Å²) in [6, 6.07) is 0. The third-order valence-electron chi connectivity index (χ3n) is 4.46. The van der Waals surface area contributed by atoms with Gasteiger partial charge < -0.3 is 14.4 Å². The lowest BCUT2D eigenvalue weighted by Gasteiger charge is -2.15. The van der Waals surface area contributed by atoms with Crippen LogP contribution in [-0.2, 0) is 14.3 Å². The standard InChI is InChI=1S/C21H41NO4/c1-4-6-7-8-9-10-11-12-13-14-15-16-17-18-26-20(23)19-22(3)21(24)25-5-2/h4-19H2,1-3H3. The van der Waals surface area contributed by atoms with Gasteiger partial charge in [-0.1, -0.05) is 84.0 Å². The van der Waals surface area contributed by atoms with Crippen molar-refractivity contribution in [1.29, 1.82) is 0 Å². The largest absolute Gasteiger partial charge is 0.464 e. The lowest BCUT2D eigenvalue weighted by molar-refractivity contribution is -0.144. The predicted molar refractivity (Wildman–Crippen MR) is 106 cm³/mol. The van der Waals surface area contributed by atoms with Gasteiger partial charge in [0, 0.05) is 7.05 Å². The normalized spacial score (nSPS) is 10.6. The molecule has 154 valence electrons. The highest BCUT2D eigenvalue weighted by atomic mass is 16.6. The molecule has 0 saturated carbocycles. The summed E-state index contributed by atoms with van der Waals surface area (Å²) in [6.07, 6.45) is 16.3. The first kappa shape index (κ1) is 24.7. The van der Waals surface area contributed by atoms with Gasteiger partial charge in [-0.3, -0.25) is 4.79 Å². The Hall–Kier alpha value is -1.26. The average Bonchev–Trinajstić information content (AvgIpc) is 2.62. The molecule has 0 bridgehead atoms. The molecule has 0 aromatic carbocycles. The van der Waals surface area contributed by atoms with Crippen LogP contribution < -0.4 is 0 Å². The number of unbranched alkanes of at least 4 members (excludes halogenated alkanes) is 12. The highest BCUT2D eigenvalue weighted by Gasteiger charge is 2.14. The van der Waals surface area contributed by atoms with Crippen molar-refractivity contribution < 1.29 is 19.1 Å². The van der Waals surface area contributed by atoms with Gasteiger partial charge in [-0.05, 0) is 13.3 Å². The number of carbonyl (C=O) groups excluding carboxylic acids is 2. The van der Waals surface area contributed by atoms with Crippen molar-refractivity contribution in [3.63, 3.8) is 0 Å². The van der Waals surface area contributed by atoms with E-state index in [-0.39, 0.29) is 12.5 Å². The number of amides is 1. The minimum absolute atomic E-state index is 0.0583. The zero-order chi connectivity index (χ0) is 19.5. The summed E-state index contributed by atoms with van der Waals surface area (Å²) in [4.78, 5) is 24.2. The molecule has 0 aliphatic carbocycles. The first-order chi connectivity index (χ1) is 12.6. The van der Waals surface area contributed by atoms with Crippen molar-refractivity contribution in [2.75, 3.05) is 26.8 Å². The number of ether oxygens (including phenoxy) is 2. The van der Waals surface area contributed by atoms with Crippen LogP contribution in [0.5, 0.6) is 0 Å². The van der Waals surface area contributed by atoms with Crippen molar-refractivity contribution in [2.45, 2.75) is 97.3 Å². The van der Waals surface area contributed by atoms with Crippen LogP contribution in [0.3, 0.4) is 0 Å². The van der Waals surface area contributed by atoms with E-state index in [4.69, 9.17) is 9.47 Å². The smallest absolute Gasteiger partial charge is 0.410 e. The van der Waals surface area contributed by atoms with E-state index in [0.29, 0.717) is 13.2 Å². The molecule has 0 radical (unpaired) electrons. The topological polar surface area (TPSA) is 55.8 Å². The molecular weight excluding hydrogens is 330 g/mol. The van der Waals surface area contributed by atoms with Gasteiger partial charge in [-0.15, -0.1) is 0 Å². The van der Waals surface area contributed by atoms with Crippen LogP contribution in [0.1, 0.15) is 97.3 Å². The third-order valence-corrected chi connectivity index (χ3v) is 4.46. The molecule has 0 unspecified atom stereocenters. The number of likely N-dealkylation sites (N-methyl/N-ethyl adjacent to an activating group) is 1. The van der Waals surface area contributed by atoms with E-state index in [1.165, 1.54) is 82.6 Å². The molecule has 26 heavy (non-hydrogen) atoms. The van der Waals surface area contributed by atoms with Gasteiger partial charge in [-0.25, -0.2) is 4.79 Å². The molecule has 5 nitrogen and oxygen atoms in total. The predicted octanol–water partition coefficient (Wildman–Crippen LogP) is 5.71. The highest BCUT2D eigenvalue weighted by Crippen LogP contribution is 2.12. The van der Waals surface area contributed by atoms with Crippen LogP contribution in [-0.4, -0.2) is 43.8 Å². The monoisotopic (exact) mass is 371 g/mol. The number of esters is 1. The second kappa shape index (κ2) is 18.5. The number of carbonyl (C=O) groups is 2. The van der Waals surface area contributed by atoms with Gasteiger partial charge in [0.2, 0.25) is 0 Å². The molecule has 1 amide bonds. The SMILES string of the molecule is CCCCCCCCCCCCCCCOC(=O)CN(C)C(=O)OCC. The molecule has 5 heteroatoms. The molecule has 0 saturated heterocycles. The molecule has 0 aromatic heterocycles. The van der Waals surface area contributed by atoms with Crippen molar-refractivity contribution >= 4 is 12.1 Å². The fraction of sp³-hybridized carbons (Fsp3) is 0.905. The zero-order valence-electron chi connectivity index (χ0n) is 17.4. The second-order valence-corrected chi connectivity index (χ2v) is 7.02. The van der Waals surface area contributed by atoms with Gasteiger partial charge >= 0.3 is 12.1 Å². The van der Waals surface area contributed by atoms with Gasteiger partial charge in [0.05, 0.1) is 13.2 Å². The van der Waals surface area contributed by atoms with Crippen LogP contribution in [0.4, 0.5) is 4.79 Å². The Morgan fingerprint density at radius 1 is 0.692 bits per heavy atom. The summed E-state index contributed by atoms with van der Waals surface area (Å²) in [5, 5.41) is 0. The summed E-state index contributed by atoms with van der Waals surface area (Å²) in [5.74, 6) is -0.375. The van der Waals surface area contributed by atoms with Crippen LogP contribution >= 0.6 is 0 Å². The number of hydrogen-bond acceptors (Lipinski definition) is 4. The van der Waals surface area contributed by atoms with Crippen LogP contribution in [0.15, 0.2) is 0 Å². The van der Waals surface area contributed by atoms with Crippen molar-refractivity contribution in [3.05, 3.63) is 0 Å². The highest BCUT2D eigenvalue weighted by molar-refractivity contribution is 5.77. The number of nitrogens with zero attached hydrogens (tertiary/aromatic N) is 1. The summed E-state index contributed by atoms with van der Waals surface area (Å²) >= 11 is 0. The van der Waals surface area contributed by atoms with E-state index in [9.17, 15) is 9.59 Å². The van der Waals surface area contributed by atoms with E-state index < -0.39 is 6.09 Å². The molecule has 0 rings (SSSR count). The molecule has 0 aliphatic rings. The Kier molecular flexibility index (Phi) is 17.6. The van der Waals surface area contributed by atoms with Gasteiger partial charge in [0.25, 0.3) is 0 Å². The Labute approximate surface area is 160 Å². The summed E-state index contributed by atoms with van der Waals surface area (Å²) in [6.45, 7) is 4.68. The van der Waals surface area contributed by atoms with Crippen LogP contribution in [0.2, 0.25) is 0 Å². The van der Waals surface area contributed by atoms with E-state index in [1.54, 1.807) is 6.92 Å². The van der Waals surface area contributed by atoms with Crippen LogP contribution in [0, 0.1) is 0 Å². The average molecular weight is 372 g/mol. The maximum atomic E-state index is 11.6. The van der Waals surface area contributed by atoms with Gasteiger partial charge in [0.1, 0.15) is 6.54 Å². The Bertz CT molecular complexity index is 347. The zero-order valence-corrected chi connectivity index (χ0v) is 17.4. The van der Waals surface area contributed by atoms with Crippen molar-refractivity contribution in [1.82, 2.24) is 4.90 Å². The summed E-state index contributed by atoms with van der Waals surface area (Å²) in [7, 11) is 1.53. The van der Waals surface area contributed by atoms with Gasteiger partial charge in [-0.2, -0.15) is 0 Å². The van der Waals surface area contributed by atoms with E-state index in [2.05, 4.69) is 6.92 Å². The fourth-order valence-corrected chi connectivity index (χ4v) is 2.84. The maximum absolute atomic E-state index is 11.6. The van der Waals surface area contributed by atoms with Crippen LogP contribution in [0.25, 0.3) is 0 Å². The maximum Gasteiger partial charge on any atom is 0.410 e. The lowest BCUT2D eigenvalue weighted by atomic mass is 10.0. The third kappa shape index (κ3) is 16.2. The molecule has 0 aliphatic heterocycles.